The smallest absolute Gasteiger partial charge is 0.321 e. The molecule has 1 saturated heterocycles. The average Bonchev–Trinajstić information content (AvgIpc) is 2.56. The van der Waals surface area contributed by atoms with Crippen LogP contribution in [0.15, 0.2) is 30.3 Å². The van der Waals surface area contributed by atoms with Crippen molar-refractivity contribution in [3.05, 3.63) is 30.3 Å². The first-order valence-corrected chi connectivity index (χ1v) is 8.00. The van der Waals surface area contributed by atoms with Crippen LogP contribution in [0.2, 0.25) is 0 Å². The Hall–Kier alpha value is -2.08. The predicted molar refractivity (Wildman–Crippen MR) is 89.2 cm³/mol. The molecule has 1 aliphatic rings. The molecule has 1 aliphatic heterocycles. The Morgan fingerprint density at radius 3 is 2.52 bits per heavy atom. The topological polar surface area (TPSA) is 70.7 Å². The highest BCUT2D eigenvalue weighted by Crippen LogP contribution is 2.18. The molecule has 0 aromatic heterocycles. The molecule has 0 radical (unpaired) electrons. The third kappa shape index (κ3) is 5.25. The average molecular weight is 319 g/mol. The molecule has 1 atom stereocenters. The van der Waals surface area contributed by atoms with Crippen molar-refractivity contribution in [1.29, 1.82) is 0 Å². The molecule has 23 heavy (non-hydrogen) atoms. The minimum Gasteiger partial charge on any atom is -0.383 e. The van der Waals surface area contributed by atoms with Gasteiger partial charge in [0.15, 0.2) is 0 Å². The minimum atomic E-state index is -0.109. The van der Waals surface area contributed by atoms with Gasteiger partial charge in [0.1, 0.15) is 0 Å². The Morgan fingerprint density at radius 2 is 1.91 bits per heavy atom. The molecule has 3 amide bonds. The van der Waals surface area contributed by atoms with Crippen LogP contribution in [0, 0.1) is 5.92 Å². The van der Waals surface area contributed by atoms with Crippen molar-refractivity contribution >= 4 is 17.6 Å². The lowest BCUT2D eigenvalue weighted by Gasteiger charge is -2.31. The van der Waals surface area contributed by atoms with Crippen molar-refractivity contribution in [2.24, 2.45) is 5.92 Å². The van der Waals surface area contributed by atoms with E-state index in [1.54, 1.807) is 12.0 Å². The van der Waals surface area contributed by atoms with Gasteiger partial charge in [-0.3, -0.25) is 4.79 Å². The van der Waals surface area contributed by atoms with Crippen LogP contribution in [0.1, 0.15) is 19.8 Å². The predicted octanol–water partition coefficient (Wildman–Crippen LogP) is 2.08. The molecule has 0 bridgehead atoms. The van der Waals surface area contributed by atoms with Crippen LogP contribution >= 0.6 is 0 Å². The quantitative estimate of drug-likeness (QED) is 0.873. The van der Waals surface area contributed by atoms with E-state index in [1.165, 1.54) is 0 Å². The highest BCUT2D eigenvalue weighted by Gasteiger charge is 2.27. The Bertz CT molecular complexity index is 513. The molecule has 0 aliphatic carbocycles. The van der Waals surface area contributed by atoms with Crippen LogP contribution in [0.5, 0.6) is 0 Å². The molecule has 6 heteroatoms. The second-order valence-corrected chi connectivity index (χ2v) is 5.92. The number of nitrogens with one attached hydrogen (secondary N) is 2. The monoisotopic (exact) mass is 319 g/mol. The SMILES string of the molecule is COCC(C)NC(=O)C1CCN(C(=O)Nc2ccccc2)CC1. The molecule has 1 aromatic rings. The molecular formula is C17H25N3O3. The minimum absolute atomic E-state index is 0.00640. The summed E-state index contributed by atoms with van der Waals surface area (Å²) in [6.07, 6.45) is 1.38. The zero-order valence-corrected chi connectivity index (χ0v) is 13.7. The Kier molecular flexibility index (Phi) is 6.40. The van der Waals surface area contributed by atoms with E-state index in [9.17, 15) is 9.59 Å². The molecule has 2 rings (SSSR count). The number of amides is 3. The second-order valence-electron chi connectivity index (χ2n) is 5.92. The first-order chi connectivity index (χ1) is 11.1. The van der Waals surface area contributed by atoms with E-state index in [4.69, 9.17) is 4.74 Å². The molecule has 126 valence electrons. The normalized spacial score (nSPS) is 16.7. The number of methoxy groups -OCH3 is 1. The Labute approximate surface area is 137 Å². The fraction of sp³-hybridized carbons (Fsp3) is 0.529. The van der Waals surface area contributed by atoms with E-state index < -0.39 is 0 Å². The summed E-state index contributed by atoms with van der Waals surface area (Å²) in [6, 6.07) is 9.28. The number of para-hydroxylation sites is 1. The highest BCUT2D eigenvalue weighted by atomic mass is 16.5. The number of nitrogens with zero attached hydrogens (tertiary/aromatic N) is 1. The first-order valence-electron chi connectivity index (χ1n) is 8.00. The number of carbonyl (C=O) groups excluding carboxylic acids is 2. The van der Waals surface area contributed by atoms with Gasteiger partial charge in [0.25, 0.3) is 0 Å². The van der Waals surface area contributed by atoms with Crippen LogP contribution in [0.25, 0.3) is 0 Å². The first kappa shape index (κ1) is 17.3. The summed E-state index contributed by atoms with van der Waals surface area (Å²) in [5, 5.41) is 5.83. The van der Waals surface area contributed by atoms with E-state index in [1.807, 2.05) is 37.3 Å². The van der Waals surface area contributed by atoms with Crippen LogP contribution in [0.4, 0.5) is 10.5 Å². The van der Waals surface area contributed by atoms with Gasteiger partial charge in [0, 0.05) is 37.8 Å². The summed E-state index contributed by atoms with van der Waals surface area (Å²) in [4.78, 5) is 26.1. The molecule has 1 aromatic carbocycles. The van der Waals surface area contributed by atoms with Gasteiger partial charge in [-0.15, -0.1) is 0 Å². The lowest BCUT2D eigenvalue weighted by molar-refractivity contribution is -0.127. The van der Waals surface area contributed by atoms with Gasteiger partial charge in [-0.05, 0) is 31.9 Å². The molecule has 6 nitrogen and oxygen atoms in total. The van der Waals surface area contributed by atoms with Crippen LogP contribution in [-0.2, 0) is 9.53 Å². The number of carbonyl (C=O) groups is 2. The van der Waals surface area contributed by atoms with Crippen molar-refractivity contribution in [2.75, 3.05) is 32.1 Å². The molecule has 1 heterocycles. The number of benzene rings is 1. The highest BCUT2D eigenvalue weighted by molar-refractivity contribution is 5.89. The van der Waals surface area contributed by atoms with Crippen LogP contribution in [-0.4, -0.2) is 49.7 Å². The summed E-state index contributed by atoms with van der Waals surface area (Å²) < 4.78 is 5.02. The maximum Gasteiger partial charge on any atom is 0.321 e. The Morgan fingerprint density at radius 1 is 1.26 bits per heavy atom. The van der Waals surface area contributed by atoms with E-state index in [2.05, 4.69) is 10.6 Å². The number of ether oxygens (including phenoxy) is 1. The molecule has 0 saturated carbocycles. The van der Waals surface area contributed by atoms with Crippen molar-refractivity contribution in [3.8, 4) is 0 Å². The standard InChI is InChI=1S/C17H25N3O3/c1-13(12-23-2)18-16(21)14-8-10-20(11-9-14)17(22)19-15-6-4-3-5-7-15/h3-7,13-14H,8-12H2,1-2H3,(H,18,21)(H,19,22). The zero-order chi connectivity index (χ0) is 16.7. The largest absolute Gasteiger partial charge is 0.383 e. The van der Waals surface area contributed by atoms with Crippen LogP contribution < -0.4 is 10.6 Å². The number of likely N-dealkylation sites (tertiary alicyclic amines) is 1. The molecule has 2 N–H and O–H groups in total. The second kappa shape index (κ2) is 8.53. The molecule has 1 fully saturated rings. The lowest BCUT2D eigenvalue weighted by atomic mass is 9.96. The summed E-state index contributed by atoms with van der Waals surface area (Å²) in [6.45, 7) is 3.61. The maximum atomic E-state index is 12.2. The van der Waals surface area contributed by atoms with Gasteiger partial charge in [-0.25, -0.2) is 4.79 Å². The summed E-state index contributed by atoms with van der Waals surface area (Å²) in [5.74, 6) is 0.0211. The van der Waals surface area contributed by atoms with Crippen LogP contribution in [0.3, 0.4) is 0 Å². The summed E-state index contributed by atoms with van der Waals surface area (Å²) in [7, 11) is 1.62. The van der Waals surface area contributed by atoms with Gasteiger partial charge >= 0.3 is 6.03 Å². The fourth-order valence-electron chi connectivity index (χ4n) is 2.72. The number of hydrogen-bond donors (Lipinski definition) is 2. The van der Waals surface area contributed by atoms with Gasteiger partial charge < -0.3 is 20.3 Å². The summed E-state index contributed by atoms with van der Waals surface area (Å²) in [5.41, 5.74) is 0.783. The van der Waals surface area contributed by atoms with Crippen molar-refractivity contribution in [2.45, 2.75) is 25.8 Å². The third-order valence-electron chi connectivity index (χ3n) is 3.98. The number of rotatable bonds is 5. The Balaban J connectivity index is 1.77. The number of anilines is 1. The lowest BCUT2D eigenvalue weighted by Crippen LogP contribution is -2.46. The number of urea groups is 1. The number of piperidine rings is 1. The van der Waals surface area contributed by atoms with Crippen molar-refractivity contribution in [3.63, 3.8) is 0 Å². The van der Waals surface area contributed by atoms with Crippen molar-refractivity contribution in [1.82, 2.24) is 10.2 Å². The zero-order valence-electron chi connectivity index (χ0n) is 13.7. The van der Waals surface area contributed by atoms with Gasteiger partial charge in [-0.1, -0.05) is 18.2 Å². The van der Waals surface area contributed by atoms with E-state index >= 15 is 0 Å². The fourth-order valence-corrected chi connectivity index (χ4v) is 2.72. The van der Waals surface area contributed by atoms with E-state index in [0.29, 0.717) is 32.5 Å². The summed E-state index contributed by atoms with van der Waals surface area (Å²) >= 11 is 0. The molecule has 1 unspecified atom stereocenters. The maximum absolute atomic E-state index is 12.2. The van der Waals surface area contributed by atoms with E-state index in [-0.39, 0.29) is 23.9 Å². The molecular weight excluding hydrogens is 294 g/mol. The van der Waals surface area contributed by atoms with Gasteiger partial charge in [0.2, 0.25) is 5.91 Å². The van der Waals surface area contributed by atoms with Gasteiger partial charge in [0.05, 0.1) is 6.61 Å². The van der Waals surface area contributed by atoms with Crippen molar-refractivity contribution < 1.29 is 14.3 Å². The van der Waals surface area contributed by atoms with E-state index in [0.717, 1.165) is 5.69 Å². The van der Waals surface area contributed by atoms with Gasteiger partial charge in [-0.2, -0.15) is 0 Å². The molecule has 0 spiro atoms. The number of hydrogen-bond acceptors (Lipinski definition) is 3. The third-order valence-corrected chi connectivity index (χ3v) is 3.98.